The second-order valence-corrected chi connectivity index (χ2v) is 8.75. The lowest BCUT2D eigenvalue weighted by Gasteiger charge is -2.06. The van der Waals surface area contributed by atoms with Crippen molar-refractivity contribution < 1.29 is 4.79 Å². The number of carbonyl (C=O) groups excluding carboxylic acids is 1. The maximum Gasteiger partial charge on any atom is 0.248 e. The molecule has 7 heteroatoms. The minimum Gasteiger partial charge on any atom is -0.322 e. The Morgan fingerprint density at radius 1 is 1.03 bits per heavy atom. The standard InChI is InChI=1S/C26H24Cl2N4O/c1-3-4-5-18-6-11-21(12-7-18)32-30-24-14-17(2)23(16-25(24)31-32)29-26(33)13-9-19-8-10-20(27)15-22(19)28/h6-16H,3-5H2,1-2H3,(H,29,33)/b13-9+. The third kappa shape index (κ3) is 5.62. The Morgan fingerprint density at radius 2 is 1.76 bits per heavy atom. The fraction of sp³-hybridized carbons (Fsp3) is 0.192. The Kier molecular flexibility index (Phi) is 7.11. The van der Waals surface area contributed by atoms with Crippen LogP contribution in [-0.2, 0) is 11.2 Å². The SMILES string of the molecule is CCCCc1ccc(-n2nc3cc(C)c(NC(=O)/C=C/c4ccc(Cl)cc4Cl)cc3n2)cc1. The summed E-state index contributed by atoms with van der Waals surface area (Å²) in [6, 6.07) is 17.2. The van der Waals surface area contributed by atoms with Crippen molar-refractivity contribution in [2.24, 2.45) is 0 Å². The Bertz CT molecular complexity index is 1330. The van der Waals surface area contributed by atoms with E-state index in [0.717, 1.165) is 23.2 Å². The van der Waals surface area contributed by atoms with E-state index in [1.54, 1.807) is 29.1 Å². The van der Waals surface area contributed by atoms with Gasteiger partial charge in [0, 0.05) is 21.8 Å². The average Bonchev–Trinajstić information content (AvgIpc) is 3.20. The topological polar surface area (TPSA) is 59.8 Å². The quantitative estimate of drug-likeness (QED) is 0.290. The van der Waals surface area contributed by atoms with E-state index < -0.39 is 0 Å². The van der Waals surface area contributed by atoms with Crippen LogP contribution in [0.1, 0.15) is 36.5 Å². The van der Waals surface area contributed by atoms with Crippen molar-refractivity contribution in [3.63, 3.8) is 0 Å². The number of aryl methyl sites for hydroxylation is 2. The first-order valence-electron chi connectivity index (χ1n) is 10.8. The summed E-state index contributed by atoms with van der Waals surface area (Å²) in [6.45, 7) is 4.12. The summed E-state index contributed by atoms with van der Waals surface area (Å²) in [5.74, 6) is -0.265. The molecular formula is C26H24Cl2N4O. The van der Waals surface area contributed by atoms with Crippen LogP contribution in [0, 0.1) is 6.92 Å². The summed E-state index contributed by atoms with van der Waals surface area (Å²) in [7, 11) is 0. The van der Waals surface area contributed by atoms with Gasteiger partial charge < -0.3 is 5.32 Å². The van der Waals surface area contributed by atoms with Gasteiger partial charge in [-0.1, -0.05) is 54.7 Å². The van der Waals surface area contributed by atoms with Gasteiger partial charge in [0.1, 0.15) is 11.0 Å². The number of amides is 1. The number of carbonyl (C=O) groups is 1. The van der Waals surface area contributed by atoms with Crippen molar-refractivity contribution in [3.8, 4) is 5.69 Å². The van der Waals surface area contributed by atoms with Crippen LogP contribution in [0.4, 0.5) is 5.69 Å². The number of rotatable bonds is 7. The molecule has 0 saturated carbocycles. The largest absolute Gasteiger partial charge is 0.322 e. The molecule has 0 radical (unpaired) electrons. The first kappa shape index (κ1) is 23.0. The summed E-state index contributed by atoms with van der Waals surface area (Å²) in [5, 5.41) is 13.1. The van der Waals surface area contributed by atoms with Gasteiger partial charge >= 0.3 is 0 Å². The lowest BCUT2D eigenvalue weighted by atomic mass is 10.1. The molecule has 1 N–H and O–H groups in total. The van der Waals surface area contributed by atoms with Crippen molar-refractivity contribution in [1.82, 2.24) is 15.0 Å². The first-order valence-corrected chi connectivity index (χ1v) is 11.6. The molecule has 0 fully saturated rings. The highest BCUT2D eigenvalue weighted by Crippen LogP contribution is 2.24. The number of nitrogens with one attached hydrogen (secondary N) is 1. The van der Waals surface area contributed by atoms with Crippen LogP contribution in [0.2, 0.25) is 10.0 Å². The second kappa shape index (κ2) is 10.2. The van der Waals surface area contributed by atoms with Gasteiger partial charge in [0.2, 0.25) is 5.91 Å². The smallest absolute Gasteiger partial charge is 0.248 e. The van der Waals surface area contributed by atoms with Crippen LogP contribution < -0.4 is 5.32 Å². The number of nitrogens with zero attached hydrogens (tertiary/aromatic N) is 3. The molecule has 1 amide bonds. The molecule has 4 rings (SSSR count). The fourth-order valence-corrected chi connectivity index (χ4v) is 3.94. The predicted molar refractivity (Wildman–Crippen MR) is 136 cm³/mol. The number of aromatic nitrogens is 3. The zero-order valence-electron chi connectivity index (χ0n) is 18.5. The van der Waals surface area contributed by atoms with Gasteiger partial charge in [0.15, 0.2) is 0 Å². The van der Waals surface area contributed by atoms with Gasteiger partial charge in [-0.2, -0.15) is 4.80 Å². The molecule has 0 atom stereocenters. The zero-order chi connectivity index (χ0) is 23.4. The maximum absolute atomic E-state index is 12.5. The number of hydrogen-bond donors (Lipinski definition) is 1. The summed E-state index contributed by atoms with van der Waals surface area (Å²) in [6.07, 6.45) is 6.53. The molecule has 5 nitrogen and oxygen atoms in total. The summed E-state index contributed by atoms with van der Waals surface area (Å²) in [4.78, 5) is 14.1. The average molecular weight is 479 g/mol. The number of halogens is 2. The van der Waals surface area contributed by atoms with Gasteiger partial charge in [0.25, 0.3) is 0 Å². The molecule has 0 bridgehead atoms. The van der Waals surface area contributed by atoms with Crippen LogP contribution in [0.3, 0.4) is 0 Å². The van der Waals surface area contributed by atoms with Gasteiger partial charge in [-0.05, 0) is 78.9 Å². The molecule has 1 aromatic heterocycles. The Hall–Kier alpha value is -3.15. The van der Waals surface area contributed by atoms with Crippen molar-refractivity contribution in [3.05, 3.63) is 87.4 Å². The van der Waals surface area contributed by atoms with E-state index in [1.165, 1.54) is 24.5 Å². The molecule has 0 saturated heterocycles. The van der Waals surface area contributed by atoms with E-state index in [2.05, 4.69) is 34.6 Å². The molecule has 0 aliphatic rings. The number of unbranched alkanes of at least 4 members (excludes halogenated alkanes) is 1. The fourth-order valence-electron chi connectivity index (χ4n) is 3.47. The molecule has 3 aromatic carbocycles. The third-order valence-electron chi connectivity index (χ3n) is 5.35. The van der Waals surface area contributed by atoms with Gasteiger partial charge in [-0.25, -0.2) is 0 Å². The molecule has 33 heavy (non-hydrogen) atoms. The Balaban J connectivity index is 1.51. The monoisotopic (exact) mass is 478 g/mol. The lowest BCUT2D eigenvalue weighted by Crippen LogP contribution is -2.09. The second-order valence-electron chi connectivity index (χ2n) is 7.90. The lowest BCUT2D eigenvalue weighted by molar-refractivity contribution is -0.111. The van der Waals surface area contributed by atoms with Crippen molar-refractivity contribution in [2.45, 2.75) is 33.1 Å². The number of fused-ring (bicyclic) bond motifs is 1. The molecule has 168 valence electrons. The van der Waals surface area contributed by atoms with Crippen LogP contribution in [-0.4, -0.2) is 20.9 Å². The number of anilines is 1. The first-order chi connectivity index (χ1) is 15.9. The van der Waals surface area contributed by atoms with Gasteiger partial charge in [-0.3, -0.25) is 4.79 Å². The highest BCUT2D eigenvalue weighted by atomic mass is 35.5. The Morgan fingerprint density at radius 3 is 2.45 bits per heavy atom. The summed E-state index contributed by atoms with van der Waals surface area (Å²) in [5.41, 5.74) is 5.98. The summed E-state index contributed by atoms with van der Waals surface area (Å²) >= 11 is 12.1. The van der Waals surface area contributed by atoms with Crippen LogP contribution in [0.5, 0.6) is 0 Å². The molecular weight excluding hydrogens is 455 g/mol. The van der Waals surface area contributed by atoms with Crippen LogP contribution in [0.25, 0.3) is 22.8 Å². The molecule has 0 spiro atoms. The molecule has 0 unspecified atom stereocenters. The van der Waals surface area contributed by atoms with Crippen molar-refractivity contribution >= 4 is 51.9 Å². The van der Waals surface area contributed by atoms with Crippen LogP contribution >= 0.6 is 23.2 Å². The van der Waals surface area contributed by atoms with Crippen molar-refractivity contribution in [2.75, 3.05) is 5.32 Å². The Labute approximate surface area is 203 Å². The van der Waals surface area contributed by atoms with E-state index in [9.17, 15) is 4.79 Å². The molecule has 4 aromatic rings. The van der Waals surface area contributed by atoms with Gasteiger partial charge in [-0.15, -0.1) is 10.2 Å². The highest BCUT2D eigenvalue weighted by molar-refractivity contribution is 6.35. The highest BCUT2D eigenvalue weighted by Gasteiger charge is 2.10. The van der Waals surface area contributed by atoms with E-state index in [-0.39, 0.29) is 5.91 Å². The maximum atomic E-state index is 12.5. The minimum atomic E-state index is -0.265. The van der Waals surface area contributed by atoms with Gasteiger partial charge in [0.05, 0.1) is 5.69 Å². The predicted octanol–water partition coefficient (Wildman–Crippen LogP) is 7.03. The third-order valence-corrected chi connectivity index (χ3v) is 5.91. The molecule has 1 heterocycles. The van der Waals surface area contributed by atoms with Crippen molar-refractivity contribution in [1.29, 1.82) is 0 Å². The minimum absolute atomic E-state index is 0.265. The van der Waals surface area contributed by atoms with E-state index in [4.69, 9.17) is 23.2 Å². The van der Waals surface area contributed by atoms with E-state index in [0.29, 0.717) is 26.8 Å². The summed E-state index contributed by atoms with van der Waals surface area (Å²) < 4.78 is 0. The van der Waals surface area contributed by atoms with E-state index >= 15 is 0 Å². The zero-order valence-corrected chi connectivity index (χ0v) is 20.0. The molecule has 0 aliphatic heterocycles. The number of hydrogen-bond acceptors (Lipinski definition) is 3. The number of benzene rings is 3. The van der Waals surface area contributed by atoms with E-state index in [1.807, 2.05) is 31.2 Å². The molecule has 0 aliphatic carbocycles. The normalized spacial score (nSPS) is 11.4. The van der Waals surface area contributed by atoms with Crippen LogP contribution in [0.15, 0.2) is 60.7 Å².